The lowest BCUT2D eigenvalue weighted by Gasteiger charge is -2.32. The molecule has 1 saturated heterocycles. The molecule has 2 aliphatic heterocycles. The summed E-state index contributed by atoms with van der Waals surface area (Å²) in [5.41, 5.74) is 3.44. The molecule has 2 aliphatic rings. The van der Waals surface area contributed by atoms with Crippen LogP contribution < -0.4 is 19.3 Å². The number of carbonyl (C=O) groups is 1. The van der Waals surface area contributed by atoms with Crippen molar-refractivity contribution in [1.29, 1.82) is 0 Å². The Kier molecular flexibility index (Phi) is 8.13. The minimum absolute atomic E-state index is 0.276. The normalized spacial score (nSPS) is 15.1. The summed E-state index contributed by atoms with van der Waals surface area (Å²) < 4.78 is 26.9. The van der Waals surface area contributed by atoms with Gasteiger partial charge < -0.3 is 23.8 Å². The number of anilines is 2. The van der Waals surface area contributed by atoms with Gasteiger partial charge in [0.15, 0.2) is 11.6 Å². The topological polar surface area (TPSA) is 122 Å². The highest BCUT2D eigenvalue weighted by Gasteiger charge is 2.30. The lowest BCUT2D eigenvalue weighted by Crippen LogP contribution is -2.41. The average molecular weight is 603 g/mol. The molecule has 0 aliphatic carbocycles. The van der Waals surface area contributed by atoms with Gasteiger partial charge in [-0.05, 0) is 51.5 Å². The molecule has 0 bridgehead atoms. The first-order valence-corrected chi connectivity index (χ1v) is 14.8. The lowest BCUT2D eigenvalue weighted by atomic mass is 10.1. The number of rotatable bonds is 7. The van der Waals surface area contributed by atoms with E-state index in [1.165, 1.54) is 0 Å². The van der Waals surface area contributed by atoms with Crippen LogP contribution in [0.25, 0.3) is 17.1 Å². The first-order valence-electron chi connectivity index (χ1n) is 14.8. The standard InChI is InChI=1S/C31H38N8O5/c1-21-17-24(23-7-6-8-25-28(23)42-16-12-38(25)30(40)44-31(2,3)4)35-39(21)27-18-26(37-10-14-41-15-11-37)33-29(34-27)43-13-9-22-19-32-36(5)20-22/h6-8,17-20H,9-16H2,1-5H3. The van der Waals surface area contributed by atoms with Crippen LogP contribution in [0.1, 0.15) is 32.0 Å². The van der Waals surface area contributed by atoms with Crippen molar-refractivity contribution >= 4 is 17.6 Å². The Bertz CT molecular complexity index is 1640. The van der Waals surface area contributed by atoms with Gasteiger partial charge >= 0.3 is 12.1 Å². The summed E-state index contributed by atoms with van der Waals surface area (Å²) in [4.78, 5) is 26.3. The van der Waals surface area contributed by atoms with Crippen molar-refractivity contribution in [3.8, 4) is 28.8 Å². The maximum Gasteiger partial charge on any atom is 0.415 e. The van der Waals surface area contributed by atoms with Gasteiger partial charge in [0.2, 0.25) is 0 Å². The lowest BCUT2D eigenvalue weighted by molar-refractivity contribution is 0.0568. The molecule has 4 aromatic rings. The average Bonchev–Trinajstić information content (AvgIpc) is 3.60. The molecular formula is C31H38N8O5. The van der Waals surface area contributed by atoms with Crippen LogP contribution in [0.2, 0.25) is 0 Å². The van der Waals surface area contributed by atoms with Gasteiger partial charge in [0.1, 0.15) is 18.0 Å². The van der Waals surface area contributed by atoms with E-state index in [9.17, 15) is 4.79 Å². The third-order valence-electron chi connectivity index (χ3n) is 7.23. The van der Waals surface area contributed by atoms with E-state index in [4.69, 9.17) is 34.0 Å². The number of hydrogen-bond acceptors (Lipinski definition) is 10. The fourth-order valence-electron chi connectivity index (χ4n) is 5.18. The number of aryl methyl sites for hydroxylation is 2. The number of aromatic nitrogens is 6. The predicted octanol–water partition coefficient (Wildman–Crippen LogP) is 3.96. The summed E-state index contributed by atoms with van der Waals surface area (Å²) in [7, 11) is 1.89. The van der Waals surface area contributed by atoms with Crippen LogP contribution in [0, 0.1) is 6.92 Å². The van der Waals surface area contributed by atoms with E-state index in [1.54, 1.807) is 14.3 Å². The molecule has 0 spiro atoms. The van der Waals surface area contributed by atoms with E-state index in [0.717, 1.165) is 35.7 Å². The number of benzene rings is 1. The van der Waals surface area contributed by atoms with Crippen LogP contribution in [0.15, 0.2) is 42.7 Å². The molecule has 0 unspecified atom stereocenters. The highest BCUT2D eigenvalue weighted by Crippen LogP contribution is 2.41. The van der Waals surface area contributed by atoms with E-state index >= 15 is 0 Å². The van der Waals surface area contributed by atoms with Crippen molar-refractivity contribution in [2.45, 2.75) is 39.7 Å². The van der Waals surface area contributed by atoms with Gasteiger partial charge in [-0.1, -0.05) is 6.07 Å². The fourth-order valence-corrected chi connectivity index (χ4v) is 5.18. The second kappa shape index (κ2) is 12.2. The fraction of sp³-hybridized carbons (Fsp3) is 0.452. The zero-order valence-electron chi connectivity index (χ0n) is 25.8. The van der Waals surface area contributed by atoms with Crippen molar-refractivity contribution in [1.82, 2.24) is 29.5 Å². The minimum Gasteiger partial charge on any atom is -0.489 e. The first-order chi connectivity index (χ1) is 21.1. The van der Waals surface area contributed by atoms with E-state index in [1.807, 2.05) is 77.5 Å². The highest BCUT2D eigenvalue weighted by atomic mass is 16.6. The SMILES string of the molecule is Cc1cc(-c2cccc3c2OCCN3C(=O)OC(C)(C)C)nn1-c1cc(N2CCOCC2)nc(OCCc2cnn(C)c2)n1. The van der Waals surface area contributed by atoms with Crippen LogP contribution >= 0.6 is 0 Å². The predicted molar refractivity (Wildman–Crippen MR) is 164 cm³/mol. The molecule has 0 saturated carbocycles. The molecular weight excluding hydrogens is 564 g/mol. The quantitative estimate of drug-likeness (QED) is 0.307. The van der Waals surface area contributed by atoms with Crippen LogP contribution in [0.4, 0.5) is 16.3 Å². The molecule has 1 amide bonds. The summed E-state index contributed by atoms with van der Waals surface area (Å²) in [5.74, 6) is 1.92. The number of nitrogens with zero attached hydrogens (tertiary/aromatic N) is 8. The maximum absolute atomic E-state index is 13.0. The van der Waals surface area contributed by atoms with E-state index in [2.05, 4.69) is 10.00 Å². The van der Waals surface area contributed by atoms with Gasteiger partial charge in [0, 0.05) is 50.1 Å². The molecule has 1 aromatic carbocycles. The van der Waals surface area contributed by atoms with Crippen LogP contribution in [-0.2, 0) is 22.9 Å². The molecule has 6 rings (SSSR count). The Morgan fingerprint density at radius 3 is 2.59 bits per heavy atom. The van der Waals surface area contributed by atoms with Crippen molar-refractivity contribution in [2.75, 3.05) is 55.9 Å². The number of ether oxygens (including phenoxy) is 4. The smallest absolute Gasteiger partial charge is 0.415 e. The number of para-hydroxylation sites is 1. The number of amides is 1. The molecule has 44 heavy (non-hydrogen) atoms. The van der Waals surface area contributed by atoms with Crippen LogP contribution in [0.5, 0.6) is 11.8 Å². The third-order valence-corrected chi connectivity index (χ3v) is 7.23. The summed E-state index contributed by atoms with van der Waals surface area (Å²) in [6, 6.07) is 9.87. The van der Waals surface area contributed by atoms with Crippen molar-refractivity contribution in [3.05, 3.63) is 54.0 Å². The number of fused-ring (bicyclic) bond motifs is 1. The second-order valence-electron chi connectivity index (χ2n) is 11.8. The summed E-state index contributed by atoms with van der Waals surface area (Å²) in [6.07, 6.45) is 4.06. The molecule has 232 valence electrons. The Morgan fingerprint density at radius 1 is 1.05 bits per heavy atom. The van der Waals surface area contributed by atoms with Crippen LogP contribution in [-0.4, -0.2) is 87.3 Å². The Hall–Kier alpha value is -4.65. The zero-order valence-corrected chi connectivity index (χ0v) is 25.8. The zero-order chi connectivity index (χ0) is 30.8. The summed E-state index contributed by atoms with van der Waals surface area (Å²) in [5, 5.41) is 9.17. The third kappa shape index (κ3) is 6.47. The molecule has 0 radical (unpaired) electrons. The molecule has 3 aromatic heterocycles. The minimum atomic E-state index is -0.609. The Morgan fingerprint density at radius 2 is 1.84 bits per heavy atom. The highest BCUT2D eigenvalue weighted by molar-refractivity contribution is 5.93. The number of carbonyl (C=O) groups excluding carboxylic acids is 1. The van der Waals surface area contributed by atoms with Gasteiger partial charge in [0.25, 0.3) is 0 Å². The molecule has 13 nitrogen and oxygen atoms in total. The summed E-state index contributed by atoms with van der Waals surface area (Å²) in [6.45, 7) is 11.4. The van der Waals surface area contributed by atoms with Crippen molar-refractivity contribution in [3.63, 3.8) is 0 Å². The number of morpholine rings is 1. The summed E-state index contributed by atoms with van der Waals surface area (Å²) >= 11 is 0. The molecule has 13 heteroatoms. The van der Waals surface area contributed by atoms with Crippen LogP contribution in [0.3, 0.4) is 0 Å². The van der Waals surface area contributed by atoms with Gasteiger partial charge in [-0.2, -0.15) is 20.2 Å². The van der Waals surface area contributed by atoms with E-state index < -0.39 is 11.7 Å². The van der Waals surface area contributed by atoms with E-state index in [0.29, 0.717) is 62.3 Å². The van der Waals surface area contributed by atoms with Gasteiger partial charge in [-0.3, -0.25) is 9.58 Å². The molecule has 0 N–H and O–H groups in total. The van der Waals surface area contributed by atoms with Crippen molar-refractivity contribution in [2.24, 2.45) is 7.05 Å². The second-order valence-corrected chi connectivity index (χ2v) is 11.8. The van der Waals surface area contributed by atoms with Gasteiger partial charge in [0.05, 0.1) is 43.9 Å². The molecule has 0 atom stereocenters. The van der Waals surface area contributed by atoms with Gasteiger partial charge in [-0.25, -0.2) is 9.48 Å². The van der Waals surface area contributed by atoms with E-state index in [-0.39, 0.29) is 6.01 Å². The van der Waals surface area contributed by atoms with Crippen molar-refractivity contribution < 1.29 is 23.7 Å². The Balaban J connectivity index is 1.31. The number of hydrogen-bond donors (Lipinski definition) is 0. The first kappa shape index (κ1) is 29.4. The largest absolute Gasteiger partial charge is 0.489 e. The monoisotopic (exact) mass is 602 g/mol. The Labute approximate surface area is 256 Å². The van der Waals surface area contributed by atoms with Gasteiger partial charge in [-0.15, -0.1) is 0 Å². The maximum atomic E-state index is 13.0. The molecule has 1 fully saturated rings. The molecule has 5 heterocycles.